The van der Waals surface area contributed by atoms with Gasteiger partial charge < -0.3 is 0 Å². The van der Waals surface area contributed by atoms with Gasteiger partial charge in [-0.05, 0) is 23.8 Å². The Kier molecular flexibility index (Phi) is 3.78. The number of nitrogens with zero attached hydrogens (tertiary/aromatic N) is 1. The second-order valence-corrected chi connectivity index (χ2v) is 5.28. The van der Waals surface area contributed by atoms with Crippen LogP contribution in [0.15, 0.2) is 29.7 Å². The summed E-state index contributed by atoms with van der Waals surface area (Å²) >= 11 is 0. The van der Waals surface area contributed by atoms with E-state index in [2.05, 4.69) is 0 Å². The van der Waals surface area contributed by atoms with Crippen molar-refractivity contribution in [3.05, 3.63) is 45.4 Å². The number of sulfone groups is 1. The van der Waals surface area contributed by atoms with Crippen LogP contribution in [-0.2, 0) is 9.84 Å². The van der Waals surface area contributed by atoms with Crippen molar-refractivity contribution in [2.45, 2.75) is 6.92 Å². The summed E-state index contributed by atoms with van der Waals surface area (Å²) in [5.74, 6) is 0.0382. The van der Waals surface area contributed by atoms with E-state index in [1.54, 1.807) is 6.92 Å². The van der Waals surface area contributed by atoms with Crippen LogP contribution >= 0.6 is 0 Å². The molecule has 0 amide bonds. The van der Waals surface area contributed by atoms with Crippen molar-refractivity contribution in [3.8, 4) is 0 Å². The molecule has 0 unspecified atom stereocenters. The van der Waals surface area contributed by atoms with Crippen LogP contribution in [-0.4, -0.2) is 19.1 Å². The zero-order valence-corrected chi connectivity index (χ0v) is 9.48. The first-order valence-electron chi connectivity index (χ1n) is 4.60. The molecule has 6 heteroatoms. The Bertz CT molecular complexity index is 502. The molecule has 0 aliphatic carbocycles. The molecule has 0 radical (unpaired) electrons. The summed E-state index contributed by atoms with van der Waals surface area (Å²) in [5.41, 5.74) is 0.595. The third-order valence-electron chi connectivity index (χ3n) is 1.97. The van der Waals surface area contributed by atoms with Crippen LogP contribution in [0.3, 0.4) is 0 Å². The van der Waals surface area contributed by atoms with Crippen LogP contribution in [0.4, 0.5) is 5.69 Å². The Morgan fingerprint density at radius 1 is 1.31 bits per heavy atom. The highest BCUT2D eigenvalue weighted by Gasteiger charge is 2.03. The summed E-state index contributed by atoms with van der Waals surface area (Å²) in [6, 6.07) is 5.66. The van der Waals surface area contributed by atoms with Crippen molar-refractivity contribution < 1.29 is 13.3 Å². The van der Waals surface area contributed by atoms with Gasteiger partial charge in [0.05, 0.1) is 10.7 Å². The fourth-order valence-corrected chi connectivity index (χ4v) is 1.54. The zero-order valence-electron chi connectivity index (χ0n) is 8.66. The summed E-state index contributed by atoms with van der Waals surface area (Å²) in [6.07, 6.45) is 1.42. The van der Waals surface area contributed by atoms with E-state index in [4.69, 9.17) is 0 Å². The number of benzene rings is 1. The monoisotopic (exact) mass is 241 g/mol. The van der Waals surface area contributed by atoms with Crippen molar-refractivity contribution in [2.24, 2.45) is 0 Å². The lowest BCUT2D eigenvalue weighted by atomic mass is 10.2. The topological polar surface area (TPSA) is 77.3 Å². The maximum Gasteiger partial charge on any atom is 0.269 e. The summed E-state index contributed by atoms with van der Waals surface area (Å²) in [5, 5.41) is 11.5. The zero-order chi connectivity index (χ0) is 12.2. The lowest BCUT2D eigenvalue weighted by molar-refractivity contribution is -0.384. The molecule has 0 spiro atoms. The smallest absolute Gasteiger partial charge is 0.258 e. The molecule has 1 aromatic carbocycles. The third kappa shape index (κ3) is 3.47. The van der Waals surface area contributed by atoms with Crippen LogP contribution in [0.2, 0.25) is 0 Å². The Hall–Kier alpha value is -1.69. The Morgan fingerprint density at radius 3 is 2.31 bits per heavy atom. The third-order valence-corrected chi connectivity index (χ3v) is 3.33. The van der Waals surface area contributed by atoms with E-state index in [9.17, 15) is 18.5 Å². The number of nitro groups is 1. The average Bonchev–Trinajstić information content (AvgIpc) is 2.27. The van der Waals surface area contributed by atoms with Gasteiger partial charge in [-0.3, -0.25) is 10.1 Å². The molecule has 0 heterocycles. The van der Waals surface area contributed by atoms with Crippen molar-refractivity contribution >= 4 is 21.6 Å². The van der Waals surface area contributed by atoms with Gasteiger partial charge in [0, 0.05) is 17.5 Å². The SMILES string of the molecule is CCS(=O)(=O)C=Cc1ccc([N+](=O)[O-])cc1. The van der Waals surface area contributed by atoms with Crippen LogP contribution in [0, 0.1) is 10.1 Å². The molecule has 0 aliphatic rings. The fraction of sp³-hybridized carbons (Fsp3) is 0.200. The minimum atomic E-state index is -3.16. The van der Waals surface area contributed by atoms with Crippen LogP contribution < -0.4 is 0 Å². The van der Waals surface area contributed by atoms with Crippen LogP contribution in [0.25, 0.3) is 6.08 Å². The number of hydrogen-bond donors (Lipinski definition) is 0. The summed E-state index contributed by atoms with van der Waals surface area (Å²) in [4.78, 5) is 9.86. The lowest BCUT2D eigenvalue weighted by Crippen LogP contribution is -1.96. The van der Waals surface area contributed by atoms with E-state index >= 15 is 0 Å². The molecule has 0 atom stereocenters. The van der Waals surface area contributed by atoms with Gasteiger partial charge in [0.25, 0.3) is 5.69 Å². The second kappa shape index (κ2) is 4.89. The maximum atomic E-state index is 11.2. The Labute approximate surface area is 93.5 Å². The Balaban J connectivity index is 2.88. The van der Waals surface area contributed by atoms with Gasteiger partial charge >= 0.3 is 0 Å². The number of non-ortho nitro benzene ring substituents is 1. The molecule has 5 nitrogen and oxygen atoms in total. The van der Waals surface area contributed by atoms with E-state index in [0.29, 0.717) is 5.56 Å². The van der Waals surface area contributed by atoms with Crippen molar-refractivity contribution in [1.82, 2.24) is 0 Å². The summed E-state index contributed by atoms with van der Waals surface area (Å²) in [6.45, 7) is 1.55. The molecule has 0 aliphatic heterocycles. The number of rotatable bonds is 4. The highest BCUT2D eigenvalue weighted by atomic mass is 32.2. The molecule has 0 saturated carbocycles. The number of nitro benzene ring substituents is 1. The first kappa shape index (κ1) is 12.4. The van der Waals surface area contributed by atoms with Gasteiger partial charge in [-0.2, -0.15) is 0 Å². The highest BCUT2D eigenvalue weighted by molar-refractivity contribution is 7.94. The summed E-state index contributed by atoms with van der Waals surface area (Å²) < 4.78 is 22.3. The number of hydrogen-bond acceptors (Lipinski definition) is 4. The van der Waals surface area contributed by atoms with Gasteiger partial charge in [-0.15, -0.1) is 0 Å². The Morgan fingerprint density at radius 2 is 1.88 bits per heavy atom. The normalized spacial score (nSPS) is 11.8. The van der Waals surface area contributed by atoms with Gasteiger partial charge in [0.15, 0.2) is 9.84 Å². The quantitative estimate of drug-likeness (QED) is 0.596. The van der Waals surface area contributed by atoms with E-state index in [1.165, 1.54) is 30.3 Å². The largest absolute Gasteiger partial charge is 0.269 e. The highest BCUT2D eigenvalue weighted by Crippen LogP contribution is 2.13. The molecule has 16 heavy (non-hydrogen) atoms. The van der Waals surface area contributed by atoms with Crippen LogP contribution in [0.5, 0.6) is 0 Å². The van der Waals surface area contributed by atoms with E-state index in [1.807, 2.05) is 0 Å². The second-order valence-electron chi connectivity index (χ2n) is 3.10. The molecular weight excluding hydrogens is 230 g/mol. The standard InChI is InChI=1S/C10H11NO4S/c1-2-16(14,15)8-7-9-3-5-10(6-4-9)11(12)13/h3-8H,2H2,1H3. The minimum Gasteiger partial charge on any atom is -0.258 e. The molecule has 0 N–H and O–H groups in total. The maximum absolute atomic E-state index is 11.2. The summed E-state index contributed by atoms with van der Waals surface area (Å²) in [7, 11) is -3.16. The van der Waals surface area contributed by atoms with Gasteiger partial charge in [0.2, 0.25) is 0 Å². The van der Waals surface area contributed by atoms with E-state index < -0.39 is 14.8 Å². The van der Waals surface area contributed by atoms with Crippen molar-refractivity contribution in [2.75, 3.05) is 5.75 Å². The molecule has 0 aromatic heterocycles. The fourth-order valence-electron chi connectivity index (χ4n) is 0.986. The van der Waals surface area contributed by atoms with Gasteiger partial charge in [-0.1, -0.05) is 6.92 Å². The molecular formula is C10H11NO4S. The van der Waals surface area contributed by atoms with Gasteiger partial charge in [-0.25, -0.2) is 8.42 Å². The van der Waals surface area contributed by atoms with Crippen LogP contribution in [0.1, 0.15) is 12.5 Å². The predicted octanol–water partition coefficient (Wildman–Crippen LogP) is 2.00. The molecule has 1 aromatic rings. The van der Waals surface area contributed by atoms with Crippen molar-refractivity contribution in [1.29, 1.82) is 0 Å². The van der Waals surface area contributed by atoms with E-state index in [0.717, 1.165) is 5.41 Å². The first-order valence-corrected chi connectivity index (χ1v) is 6.31. The minimum absolute atomic E-state index is 0.0181. The van der Waals surface area contributed by atoms with E-state index in [-0.39, 0.29) is 11.4 Å². The lowest BCUT2D eigenvalue weighted by Gasteiger charge is -1.94. The average molecular weight is 241 g/mol. The molecule has 0 bridgehead atoms. The molecule has 86 valence electrons. The molecule has 1 rings (SSSR count). The predicted molar refractivity (Wildman–Crippen MR) is 61.6 cm³/mol. The van der Waals surface area contributed by atoms with Crippen molar-refractivity contribution in [3.63, 3.8) is 0 Å². The first-order chi connectivity index (χ1) is 7.44. The molecule has 0 fully saturated rings. The van der Waals surface area contributed by atoms with Gasteiger partial charge in [0.1, 0.15) is 0 Å². The molecule has 0 saturated heterocycles.